The van der Waals surface area contributed by atoms with Crippen LogP contribution < -0.4 is 5.32 Å². The number of ketones is 1. The molecule has 27 heavy (non-hydrogen) atoms. The first kappa shape index (κ1) is 20.9. The number of carbonyl (C=O) groups is 3. The molecule has 142 valence electrons. The third kappa shape index (κ3) is 7.04. The number of hydrogen-bond acceptors (Lipinski definition) is 4. The fourth-order valence-corrected chi connectivity index (χ4v) is 2.58. The predicted octanol–water partition coefficient (Wildman–Crippen LogP) is 4.38. The largest absolute Gasteiger partial charge is 0.456 e. The van der Waals surface area contributed by atoms with Crippen molar-refractivity contribution in [3.05, 3.63) is 69.7 Å². The maximum absolute atomic E-state index is 12.0. The molecule has 0 heterocycles. The molecular weight excluding hydrogens is 389 g/mol. The summed E-state index contributed by atoms with van der Waals surface area (Å²) in [5, 5.41) is 3.87. The molecule has 1 atom stereocenters. The molecule has 0 fully saturated rings. The second-order valence-corrected chi connectivity index (χ2v) is 6.80. The minimum atomic E-state index is -0.605. The number of rotatable bonds is 8. The Balaban J connectivity index is 1.71. The lowest BCUT2D eigenvalue weighted by Crippen LogP contribution is -2.31. The van der Waals surface area contributed by atoms with E-state index >= 15 is 0 Å². The van der Waals surface area contributed by atoms with Gasteiger partial charge in [0.15, 0.2) is 12.4 Å². The highest BCUT2D eigenvalue weighted by Crippen LogP contribution is 2.16. The van der Waals surface area contributed by atoms with Crippen LogP contribution in [0.15, 0.2) is 48.5 Å². The Kier molecular flexibility index (Phi) is 7.82. The first-order valence-electron chi connectivity index (χ1n) is 8.34. The molecule has 2 aromatic carbocycles. The molecular formula is C20H19Cl2NO4. The molecule has 0 aliphatic rings. The van der Waals surface area contributed by atoms with E-state index in [1.165, 1.54) is 0 Å². The van der Waals surface area contributed by atoms with Gasteiger partial charge in [-0.25, -0.2) is 0 Å². The van der Waals surface area contributed by atoms with E-state index < -0.39 is 18.5 Å². The number of nitrogens with one attached hydrogen (secondary N) is 1. The van der Waals surface area contributed by atoms with Gasteiger partial charge in [-0.1, -0.05) is 35.3 Å². The fraction of sp³-hybridized carbons (Fsp3) is 0.250. The van der Waals surface area contributed by atoms with Gasteiger partial charge in [-0.2, -0.15) is 0 Å². The maximum Gasteiger partial charge on any atom is 0.306 e. The number of ether oxygens (including phenoxy) is 1. The quantitative estimate of drug-likeness (QED) is 0.520. The molecule has 0 unspecified atom stereocenters. The van der Waals surface area contributed by atoms with Crippen LogP contribution in [0.2, 0.25) is 10.0 Å². The standard InChI is InChI=1S/C20H19Cl2NO4/c1-13(14-2-6-16(21)7-3-14)23-19(25)12-27-20(26)11-10-18(24)15-4-8-17(22)9-5-15/h2-9,13H,10-12H2,1H3,(H,23,25)/t13-/m0/s1. The number of halogens is 2. The average molecular weight is 408 g/mol. The number of hydrogen-bond donors (Lipinski definition) is 1. The summed E-state index contributed by atoms with van der Waals surface area (Å²) in [4.78, 5) is 35.6. The molecule has 1 N–H and O–H groups in total. The summed E-state index contributed by atoms with van der Waals surface area (Å²) in [5.74, 6) is -1.22. The van der Waals surface area contributed by atoms with Crippen LogP contribution in [-0.4, -0.2) is 24.3 Å². The van der Waals surface area contributed by atoms with Crippen molar-refractivity contribution in [3.63, 3.8) is 0 Å². The second-order valence-electron chi connectivity index (χ2n) is 5.93. The van der Waals surface area contributed by atoms with Crippen LogP contribution >= 0.6 is 23.2 Å². The van der Waals surface area contributed by atoms with Crippen molar-refractivity contribution in [1.82, 2.24) is 5.32 Å². The molecule has 0 bridgehead atoms. The van der Waals surface area contributed by atoms with Crippen molar-refractivity contribution < 1.29 is 19.1 Å². The molecule has 0 spiro atoms. The molecule has 0 aromatic heterocycles. The number of esters is 1. The average Bonchev–Trinajstić information content (AvgIpc) is 2.65. The number of carbonyl (C=O) groups excluding carboxylic acids is 3. The van der Waals surface area contributed by atoms with E-state index in [0.29, 0.717) is 15.6 Å². The zero-order chi connectivity index (χ0) is 19.8. The van der Waals surface area contributed by atoms with Crippen LogP contribution in [-0.2, 0) is 14.3 Å². The number of Topliss-reactive ketones (excluding diaryl/α,β-unsaturated/α-hetero) is 1. The van der Waals surface area contributed by atoms with Crippen molar-refractivity contribution >= 4 is 40.9 Å². The summed E-state index contributed by atoms with van der Waals surface area (Å²) < 4.78 is 4.92. The van der Waals surface area contributed by atoms with Gasteiger partial charge in [-0.3, -0.25) is 14.4 Å². The van der Waals surface area contributed by atoms with E-state index in [1.54, 1.807) is 36.4 Å². The lowest BCUT2D eigenvalue weighted by atomic mass is 10.1. The van der Waals surface area contributed by atoms with Gasteiger partial charge in [0.2, 0.25) is 0 Å². The predicted molar refractivity (Wildman–Crippen MR) is 104 cm³/mol. The highest BCUT2D eigenvalue weighted by molar-refractivity contribution is 6.30. The fourth-order valence-electron chi connectivity index (χ4n) is 2.33. The van der Waals surface area contributed by atoms with Crippen molar-refractivity contribution in [1.29, 1.82) is 0 Å². The molecule has 0 radical (unpaired) electrons. The second kappa shape index (κ2) is 10.1. The van der Waals surface area contributed by atoms with Crippen LogP contribution in [0.4, 0.5) is 0 Å². The molecule has 2 aromatic rings. The molecule has 5 nitrogen and oxygen atoms in total. The smallest absolute Gasteiger partial charge is 0.306 e. The van der Waals surface area contributed by atoms with Gasteiger partial charge < -0.3 is 10.1 Å². The highest BCUT2D eigenvalue weighted by Gasteiger charge is 2.14. The summed E-state index contributed by atoms with van der Waals surface area (Å²) in [5.41, 5.74) is 1.36. The van der Waals surface area contributed by atoms with E-state index in [9.17, 15) is 14.4 Å². The molecule has 2 rings (SSSR count). The SMILES string of the molecule is C[C@H](NC(=O)COC(=O)CCC(=O)c1ccc(Cl)cc1)c1ccc(Cl)cc1. The Morgan fingerprint density at radius 1 is 0.926 bits per heavy atom. The van der Waals surface area contributed by atoms with Gasteiger partial charge in [0, 0.05) is 22.0 Å². The summed E-state index contributed by atoms with van der Waals surface area (Å²) in [6, 6.07) is 13.2. The Morgan fingerprint density at radius 3 is 2.07 bits per heavy atom. The Labute approximate surface area is 167 Å². The highest BCUT2D eigenvalue weighted by atomic mass is 35.5. The Hall–Kier alpha value is -2.37. The van der Waals surface area contributed by atoms with Gasteiger partial charge >= 0.3 is 5.97 Å². The molecule has 1 amide bonds. The van der Waals surface area contributed by atoms with E-state index in [-0.39, 0.29) is 24.7 Å². The topological polar surface area (TPSA) is 72.5 Å². The first-order chi connectivity index (χ1) is 12.8. The van der Waals surface area contributed by atoms with Gasteiger partial charge in [0.25, 0.3) is 5.91 Å². The van der Waals surface area contributed by atoms with Gasteiger partial charge in [-0.05, 0) is 48.9 Å². The Morgan fingerprint density at radius 2 is 1.48 bits per heavy atom. The third-order valence-corrected chi connectivity index (χ3v) is 4.34. The minimum absolute atomic E-state index is 0.00324. The molecule has 0 aliphatic heterocycles. The van der Waals surface area contributed by atoms with Crippen LogP contribution in [0, 0.1) is 0 Å². The van der Waals surface area contributed by atoms with E-state index in [0.717, 1.165) is 5.56 Å². The van der Waals surface area contributed by atoms with Crippen molar-refractivity contribution in [3.8, 4) is 0 Å². The summed E-state index contributed by atoms with van der Waals surface area (Å²) in [6.07, 6.45) is -0.0925. The van der Waals surface area contributed by atoms with E-state index in [4.69, 9.17) is 27.9 Å². The van der Waals surface area contributed by atoms with Crippen molar-refractivity contribution in [2.75, 3.05) is 6.61 Å². The van der Waals surface area contributed by atoms with Crippen LogP contribution in [0.3, 0.4) is 0 Å². The molecule has 0 aliphatic carbocycles. The van der Waals surface area contributed by atoms with Crippen molar-refractivity contribution in [2.24, 2.45) is 0 Å². The normalized spacial score (nSPS) is 11.5. The first-order valence-corrected chi connectivity index (χ1v) is 9.10. The van der Waals surface area contributed by atoms with E-state index in [2.05, 4.69) is 5.32 Å². The maximum atomic E-state index is 12.0. The van der Waals surface area contributed by atoms with Gasteiger partial charge in [-0.15, -0.1) is 0 Å². The summed E-state index contributed by atoms with van der Waals surface area (Å²) in [7, 11) is 0. The molecule has 0 saturated carbocycles. The number of benzene rings is 2. The monoisotopic (exact) mass is 407 g/mol. The number of amides is 1. The van der Waals surface area contributed by atoms with Gasteiger partial charge in [0.05, 0.1) is 12.5 Å². The minimum Gasteiger partial charge on any atom is -0.456 e. The molecule has 7 heteroatoms. The summed E-state index contributed by atoms with van der Waals surface area (Å²) in [6.45, 7) is 1.42. The lowest BCUT2D eigenvalue weighted by molar-refractivity contribution is -0.148. The molecule has 0 saturated heterocycles. The van der Waals surface area contributed by atoms with Crippen LogP contribution in [0.5, 0.6) is 0 Å². The van der Waals surface area contributed by atoms with Crippen LogP contribution in [0.1, 0.15) is 41.7 Å². The van der Waals surface area contributed by atoms with Crippen molar-refractivity contribution in [2.45, 2.75) is 25.8 Å². The van der Waals surface area contributed by atoms with Gasteiger partial charge in [0.1, 0.15) is 0 Å². The third-order valence-electron chi connectivity index (χ3n) is 3.83. The lowest BCUT2D eigenvalue weighted by Gasteiger charge is -2.14. The summed E-state index contributed by atoms with van der Waals surface area (Å²) >= 11 is 11.6. The van der Waals surface area contributed by atoms with E-state index in [1.807, 2.05) is 19.1 Å². The Bertz CT molecular complexity index is 804. The zero-order valence-electron chi connectivity index (χ0n) is 14.7. The van der Waals surface area contributed by atoms with Crippen LogP contribution in [0.25, 0.3) is 0 Å². The zero-order valence-corrected chi connectivity index (χ0v) is 16.2.